The Balaban J connectivity index is 1.64. The number of piperazine rings is 1. The molecule has 1 saturated heterocycles. The van der Waals surface area contributed by atoms with Gasteiger partial charge in [0.25, 0.3) is 5.91 Å². The Bertz CT molecular complexity index is 747. The smallest absolute Gasteiger partial charge is 0.257 e. The summed E-state index contributed by atoms with van der Waals surface area (Å²) < 4.78 is 0. The van der Waals surface area contributed by atoms with Crippen molar-refractivity contribution in [2.45, 2.75) is 33.4 Å². The van der Waals surface area contributed by atoms with Gasteiger partial charge in [-0.25, -0.2) is 4.98 Å². The molecule has 2 aromatic rings. The number of nitrogens with one attached hydrogen (secondary N) is 1. The molecule has 1 aromatic carbocycles. The van der Waals surface area contributed by atoms with Crippen LogP contribution in [0, 0.1) is 5.92 Å². The van der Waals surface area contributed by atoms with E-state index in [1.165, 1.54) is 5.56 Å². The molecule has 2 heterocycles. The summed E-state index contributed by atoms with van der Waals surface area (Å²) in [5, 5.41) is 3.32. The van der Waals surface area contributed by atoms with Gasteiger partial charge in [0.15, 0.2) is 0 Å². The van der Waals surface area contributed by atoms with Gasteiger partial charge in [0.05, 0.1) is 5.56 Å². The number of hydrogen-bond acceptors (Lipinski definition) is 4. The summed E-state index contributed by atoms with van der Waals surface area (Å²) >= 11 is 0. The quantitative estimate of drug-likeness (QED) is 0.850. The van der Waals surface area contributed by atoms with Gasteiger partial charge in [-0.1, -0.05) is 44.2 Å². The second-order valence-electron chi connectivity index (χ2n) is 7.73. The first-order valence-corrected chi connectivity index (χ1v) is 9.80. The molecule has 1 atom stereocenters. The fourth-order valence-corrected chi connectivity index (χ4v) is 3.42. The molecule has 1 fully saturated rings. The van der Waals surface area contributed by atoms with Crippen molar-refractivity contribution in [1.82, 2.24) is 14.8 Å². The van der Waals surface area contributed by atoms with E-state index in [0.29, 0.717) is 23.3 Å². The van der Waals surface area contributed by atoms with E-state index in [1.807, 2.05) is 23.1 Å². The standard InChI is InChI=1S/C22H30N4O/c1-17(2)14-24-21-20(10-7-11-23-21)22(27)26-13-12-25(18(3)15-26)16-19-8-5-4-6-9-19/h4-11,17-18H,12-16H2,1-3H3,(H,23,24)/t18-/m0/s1. The lowest BCUT2D eigenvalue weighted by molar-refractivity contribution is 0.0496. The number of rotatable bonds is 6. The van der Waals surface area contributed by atoms with Crippen molar-refractivity contribution in [3.63, 3.8) is 0 Å². The minimum absolute atomic E-state index is 0.0700. The molecule has 3 rings (SSSR count). The van der Waals surface area contributed by atoms with Crippen LogP contribution >= 0.6 is 0 Å². The third-order valence-electron chi connectivity index (χ3n) is 5.00. The summed E-state index contributed by atoms with van der Waals surface area (Å²) in [4.78, 5) is 21.9. The first-order chi connectivity index (χ1) is 13.0. The average Bonchev–Trinajstić information content (AvgIpc) is 2.68. The zero-order valence-corrected chi connectivity index (χ0v) is 16.6. The summed E-state index contributed by atoms with van der Waals surface area (Å²) in [7, 11) is 0. The van der Waals surface area contributed by atoms with Gasteiger partial charge in [-0.3, -0.25) is 9.69 Å². The van der Waals surface area contributed by atoms with Crippen LogP contribution < -0.4 is 5.32 Å². The number of carbonyl (C=O) groups is 1. The molecule has 5 nitrogen and oxygen atoms in total. The highest BCUT2D eigenvalue weighted by Crippen LogP contribution is 2.19. The second kappa shape index (κ2) is 9.00. The highest BCUT2D eigenvalue weighted by molar-refractivity contribution is 5.98. The average molecular weight is 367 g/mol. The molecule has 1 N–H and O–H groups in total. The normalized spacial score (nSPS) is 17.9. The molecule has 0 unspecified atom stereocenters. The zero-order chi connectivity index (χ0) is 19.2. The molecule has 0 bridgehead atoms. The van der Waals surface area contributed by atoms with Crippen molar-refractivity contribution in [3.05, 3.63) is 59.8 Å². The fraction of sp³-hybridized carbons (Fsp3) is 0.455. The molecular formula is C22H30N4O. The van der Waals surface area contributed by atoms with E-state index in [4.69, 9.17) is 0 Å². The van der Waals surface area contributed by atoms with Crippen molar-refractivity contribution < 1.29 is 4.79 Å². The van der Waals surface area contributed by atoms with Crippen LogP contribution in [-0.4, -0.2) is 52.9 Å². The highest BCUT2D eigenvalue weighted by Gasteiger charge is 2.28. The number of anilines is 1. The first kappa shape index (κ1) is 19.4. The van der Waals surface area contributed by atoms with E-state index in [0.717, 1.165) is 32.7 Å². The summed E-state index contributed by atoms with van der Waals surface area (Å²) in [5.41, 5.74) is 1.98. The lowest BCUT2D eigenvalue weighted by Crippen LogP contribution is -2.53. The van der Waals surface area contributed by atoms with Gasteiger partial charge in [-0.2, -0.15) is 0 Å². The molecule has 0 spiro atoms. The van der Waals surface area contributed by atoms with Crippen LogP contribution in [0.1, 0.15) is 36.7 Å². The Morgan fingerprint density at radius 1 is 1.19 bits per heavy atom. The van der Waals surface area contributed by atoms with Crippen LogP contribution in [0.3, 0.4) is 0 Å². The third kappa shape index (κ3) is 5.07. The molecule has 1 aliphatic heterocycles. The topological polar surface area (TPSA) is 48.5 Å². The molecule has 144 valence electrons. The van der Waals surface area contributed by atoms with Crippen molar-refractivity contribution in [1.29, 1.82) is 0 Å². The van der Waals surface area contributed by atoms with Crippen LogP contribution in [0.4, 0.5) is 5.82 Å². The minimum atomic E-state index is 0.0700. The van der Waals surface area contributed by atoms with Crippen LogP contribution in [-0.2, 0) is 6.54 Å². The molecule has 1 amide bonds. The van der Waals surface area contributed by atoms with Crippen molar-refractivity contribution in [3.8, 4) is 0 Å². The van der Waals surface area contributed by atoms with Crippen LogP contribution in [0.25, 0.3) is 0 Å². The van der Waals surface area contributed by atoms with E-state index in [1.54, 1.807) is 6.20 Å². The maximum absolute atomic E-state index is 13.1. The number of hydrogen-bond donors (Lipinski definition) is 1. The van der Waals surface area contributed by atoms with Gasteiger partial charge in [0.1, 0.15) is 5.82 Å². The number of nitrogens with zero attached hydrogens (tertiary/aromatic N) is 3. The molecule has 0 radical (unpaired) electrons. The summed E-state index contributed by atoms with van der Waals surface area (Å²) in [6, 6.07) is 14.6. The van der Waals surface area contributed by atoms with Crippen molar-refractivity contribution in [2.75, 3.05) is 31.5 Å². The molecule has 27 heavy (non-hydrogen) atoms. The number of carbonyl (C=O) groups excluding carboxylic acids is 1. The number of benzene rings is 1. The van der Waals surface area contributed by atoms with Gasteiger partial charge in [-0.15, -0.1) is 0 Å². The van der Waals surface area contributed by atoms with E-state index in [2.05, 4.69) is 60.2 Å². The summed E-state index contributed by atoms with van der Waals surface area (Å²) in [6.07, 6.45) is 1.74. The highest BCUT2D eigenvalue weighted by atomic mass is 16.2. The lowest BCUT2D eigenvalue weighted by Gasteiger charge is -2.40. The maximum Gasteiger partial charge on any atom is 0.257 e. The van der Waals surface area contributed by atoms with Crippen molar-refractivity contribution in [2.24, 2.45) is 5.92 Å². The molecule has 1 aliphatic rings. The maximum atomic E-state index is 13.1. The number of amides is 1. The fourth-order valence-electron chi connectivity index (χ4n) is 3.42. The monoisotopic (exact) mass is 366 g/mol. The van der Waals surface area contributed by atoms with Gasteiger partial charge in [-0.05, 0) is 30.5 Å². The molecule has 0 saturated carbocycles. The Morgan fingerprint density at radius 2 is 1.96 bits per heavy atom. The number of aromatic nitrogens is 1. The van der Waals surface area contributed by atoms with Gasteiger partial charge in [0, 0.05) is 45.0 Å². The molecular weight excluding hydrogens is 336 g/mol. The van der Waals surface area contributed by atoms with E-state index in [9.17, 15) is 4.79 Å². The Hall–Kier alpha value is -2.40. The van der Waals surface area contributed by atoms with Gasteiger partial charge in [0.2, 0.25) is 0 Å². The molecule has 0 aliphatic carbocycles. The molecule has 1 aromatic heterocycles. The van der Waals surface area contributed by atoms with Crippen LogP contribution in [0.2, 0.25) is 0 Å². The second-order valence-corrected chi connectivity index (χ2v) is 7.73. The number of pyridine rings is 1. The Labute approximate surface area is 162 Å². The van der Waals surface area contributed by atoms with E-state index in [-0.39, 0.29) is 5.91 Å². The first-order valence-electron chi connectivity index (χ1n) is 9.80. The van der Waals surface area contributed by atoms with E-state index < -0.39 is 0 Å². The molecule has 5 heteroatoms. The van der Waals surface area contributed by atoms with Crippen molar-refractivity contribution >= 4 is 11.7 Å². The van der Waals surface area contributed by atoms with Gasteiger partial charge >= 0.3 is 0 Å². The Morgan fingerprint density at radius 3 is 2.67 bits per heavy atom. The van der Waals surface area contributed by atoms with Gasteiger partial charge < -0.3 is 10.2 Å². The SMILES string of the molecule is CC(C)CNc1ncccc1C(=O)N1CCN(Cc2ccccc2)[C@@H](C)C1. The summed E-state index contributed by atoms with van der Waals surface area (Å²) in [5.74, 6) is 1.26. The predicted octanol–water partition coefficient (Wildman–Crippen LogP) is 3.50. The van der Waals surface area contributed by atoms with E-state index >= 15 is 0 Å². The predicted molar refractivity (Wildman–Crippen MR) is 110 cm³/mol. The minimum Gasteiger partial charge on any atom is -0.369 e. The lowest BCUT2D eigenvalue weighted by atomic mass is 10.1. The van der Waals surface area contributed by atoms with Crippen LogP contribution in [0.15, 0.2) is 48.7 Å². The largest absolute Gasteiger partial charge is 0.369 e. The third-order valence-corrected chi connectivity index (χ3v) is 5.00. The Kier molecular flexibility index (Phi) is 6.45. The summed E-state index contributed by atoms with van der Waals surface area (Å²) in [6.45, 7) is 10.6. The zero-order valence-electron chi connectivity index (χ0n) is 16.6. The van der Waals surface area contributed by atoms with Crippen LogP contribution in [0.5, 0.6) is 0 Å².